The van der Waals surface area contributed by atoms with Gasteiger partial charge in [-0.25, -0.2) is 4.79 Å². The van der Waals surface area contributed by atoms with E-state index in [1.807, 2.05) is 0 Å². The summed E-state index contributed by atoms with van der Waals surface area (Å²) in [5.74, 6) is 0. The number of fused-ring (bicyclic) bond motifs is 3. The van der Waals surface area contributed by atoms with Gasteiger partial charge in [0.25, 0.3) is 0 Å². The van der Waals surface area contributed by atoms with Crippen LogP contribution in [-0.2, 0) is 17.7 Å². The van der Waals surface area contributed by atoms with Crippen LogP contribution in [0.15, 0.2) is 21.3 Å². The maximum absolute atomic E-state index is 12.5. The molecule has 0 saturated carbocycles. The number of nitrogens with one attached hydrogen (secondary N) is 1. The normalized spacial score (nSPS) is 20.9. The van der Waals surface area contributed by atoms with Crippen molar-refractivity contribution in [2.75, 3.05) is 51.3 Å². The van der Waals surface area contributed by atoms with E-state index in [1.165, 1.54) is 0 Å². The van der Waals surface area contributed by atoms with Crippen molar-refractivity contribution in [3.8, 4) is 0 Å². The van der Waals surface area contributed by atoms with Gasteiger partial charge in [0.05, 0.1) is 18.2 Å². The molecule has 0 aliphatic carbocycles. The van der Waals surface area contributed by atoms with E-state index in [9.17, 15) is 4.79 Å². The molecule has 4 rings (SSSR count). The van der Waals surface area contributed by atoms with Crippen molar-refractivity contribution in [3.63, 3.8) is 0 Å². The van der Waals surface area contributed by atoms with Gasteiger partial charge in [0.15, 0.2) is 0 Å². The molecule has 146 valence electrons. The monoisotopic (exact) mass is 371 g/mol. The highest BCUT2D eigenvalue weighted by molar-refractivity contribution is 5.88. The molecule has 1 aromatic heterocycles. The van der Waals surface area contributed by atoms with Gasteiger partial charge in [-0.3, -0.25) is 4.90 Å². The highest BCUT2D eigenvalue weighted by Crippen LogP contribution is 2.32. The lowest BCUT2D eigenvalue weighted by Gasteiger charge is -2.42. The second-order valence-corrected chi connectivity index (χ2v) is 7.54. The van der Waals surface area contributed by atoms with E-state index in [-0.39, 0.29) is 5.63 Å². The minimum absolute atomic E-state index is 0.196. The first kappa shape index (κ1) is 18.5. The summed E-state index contributed by atoms with van der Waals surface area (Å²) in [6.07, 6.45) is 0.876. The third kappa shape index (κ3) is 3.26. The SMILES string of the molecule is CCN1CCN(c2ccc3c4c(c(=O)oc3c2C)CNCC4)C[C@@H]1COC. The Balaban J connectivity index is 1.73. The number of hydrogen-bond acceptors (Lipinski definition) is 6. The Morgan fingerprint density at radius 1 is 1.30 bits per heavy atom. The zero-order valence-corrected chi connectivity index (χ0v) is 16.5. The summed E-state index contributed by atoms with van der Waals surface area (Å²) in [5.41, 5.74) is 4.72. The highest BCUT2D eigenvalue weighted by Gasteiger charge is 2.28. The van der Waals surface area contributed by atoms with E-state index in [0.29, 0.717) is 12.6 Å². The van der Waals surface area contributed by atoms with Crippen LogP contribution in [0.5, 0.6) is 0 Å². The fourth-order valence-corrected chi connectivity index (χ4v) is 4.60. The minimum atomic E-state index is -0.196. The summed E-state index contributed by atoms with van der Waals surface area (Å²) < 4.78 is 11.2. The molecule has 1 saturated heterocycles. The van der Waals surface area contributed by atoms with Crippen LogP contribution in [0.2, 0.25) is 0 Å². The molecule has 1 aromatic carbocycles. The summed E-state index contributed by atoms with van der Waals surface area (Å²) in [5, 5.41) is 4.36. The van der Waals surface area contributed by atoms with Crippen molar-refractivity contribution in [1.82, 2.24) is 10.2 Å². The molecule has 0 amide bonds. The van der Waals surface area contributed by atoms with Crippen molar-refractivity contribution < 1.29 is 9.15 Å². The van der Waals surface area contributed by atoms with Crippen LogP contribution in [0, 0.1) is 6.92 Å². The third-order valence-electron chi connectivity index (χ3n) is 6.07. The van der Waals surface area contributed by atoms with Gasteiger partial charge < -0.3 is 19.4 Å². The maximum atomic E-state index is 12.5. The van der Waals surface area contributed by atoms with Gasteiger partial charge in [0.2, 0.25) is 0 Å². The molecular formula is C21H29N3O3. The number of aryl methyl sites for hydroxylation is 1. The van der Waals surface area contributed by atoms with Crippen LogP contribution < -0.4 is 15.8 Å². The average Bonchev–Trinajstić information content (AvgIpc) is 2.69. The molecule has 0 radical (unpaired) electrons. The molecule has 6 nitrogen and oxygen atoms in total. The quantitative estimate of drug-likeness (QED) is 0.829. The van der Waals surface area contributed by atoms with E-state index in [0.717, 1.165) is 79.1 Å². The molecule has 0 bridgehead atoms. The molecule has 1 atom stereocenters. The summed E-state index contributed by atoms with van der Waals surface area (Å²) >= 11 is 0. The first-order chi connectivity index (χ1) is 13.1. The van der Waals surface area contributed by atoms with Crippen molar-refractivity contribution in [3.05, 3.63) is 39.2 Å². The Morgan fingerprint density at radius 2 is 2.15 bits per heavy atom. The van der Waals surface area contributed by atoms with Gasteiger partial charge in [0, 0.05) is 49.9 Å². The zero-order chi connectivity index (χ0) is 19.0. The molecule has 1 fully saturated rings. The molecule has 6 heteroatoms. The average molecular weight is 371 g/mol. The van der Waals surface area contributed by atoms with E-state index >= 15 is 0 Å². The van der Waals surface area contributed by atoms with Gasteiger partial charge in [-0.1, -0.05) is 6.92 Å². The van der Waals surface area contributed by atoms with Crippen molar-refractivity contribution >= 4 is 16.7 Å². The van der Waals surface area contributed by atoms with Crippen molar-refractivity contribution in [2.24, 2.45) is 0 Å². The maximum Gasteiger partial charge on any atom is 0.341 e. The van der Waals surface area contributed by atoms with Crippen LogP contribution in [0.25, 0.3) is 11.0 Å². The number of rotatable bonds is 4. The fraction of sp³-hybridized carbons (Fsp3) is 0.571. The Kier molecular flexibility index (Phi) is 5.21. The first-order valence-electron chi connectivity index (χ1n) is 9.90. The smallest absolute Gasteiger partial charge is 0.341 e. The van der Waals surface area contributed by atoms with Crippen LogP contribution >= 0.6 is 0 Å². The lowest BCUT2D eigenvalue weighted by molar-refractivity contribution is 0.0853. The number of anilines is 1. The Morgan fingerprint density at radius 3 is 2.93 bits per heavy atom. The topological polar surface area (TPSA) is 58.0 Å². The fourth-order valence-electron chi connectivity index (χ4n) is 4.60. The number of ether oxygens (including phenoxy) is 1. The van der Waals surface area contributed by atoms with Gasteiger partial charge in [-0.2, -0.15) is 0 Å². The van der Waals surface area contributed by atoms with Gasteiger partial charge in [-0.15, -0.1) is 0 Å². The van der Waals surface area contributed by atoms with Crippen molar-refractivity contribution in [2.45, 2.75) is 32.9 Å². The van der Waals surface area contributed by atoms with Crippen LogP contribution in [0.3, 0.4) is 0 Å². The summed E-state index contributed by atoms with van der Waals surface area (Å²) in [4.78, 5) is 17.4. The number of methoxy groups -OCH3 is 1. The van der Waals surface area contributed by atoms with Crippen LogP contribution in [-0.4, -0.2) is 57.4 Å². The van der Waals surface area contributed by atoms with Crippen LogP contribution in [0.1, 0.15) is 23.6 Å². The van der Waals surface area contributed by atoms with Gasteiger partial charge >= 0.3 is 5.63 Å². The summed E-state index contributed by atoms with van der Waals surface area (Å²) in [7, 11) is 1.76. The van der Waals surface area contributed by atoms with E-state index in [1.54, 1.807) is 7.11 Å². The molecule has 2 aromatic rings. The summed E-state index contributed by atoms with van der Waals surface area (Å²) in [6, 6.07) is 4.72. The largest absolute Gasteiger partial charge is 0.422 e. The standard InChI is InChI=1S/C21H29N3O3/c1-4-23-9-10-24(12-15(23)13-26-3)19-6-5-17-16-7-8-22-11-18(16)21(25)27-20(17)14(19)2/h5-6,15,22H,4,7-13H2,1-3H3/t15-/m1/s1. The minimum Gasteiger partial charge on any atom is -0.422 e. The molecule has 0 unspecified atom stereocenters. The highest BCUT2D eigenvalue weighted by atomic mass is 16.5. The molecule has 0 spiro atoms. The molecular weight excluding hydrogens is 342 g/mol. The number of benzene rings is 1. The van der Waals surface area contributed by atoms with E-state index < -0.39 is 0 Å². The first-order valence-corrected chi connectivity index (χ1v) is 9.90. The number of likely N-dealkylation sites (N-methyl/N-ethyl adjacent to an activating group) is 1. The van der Waals surface area contributed by atoms with E-state index in [2.05, 4.69) is 41.1 Å². The van der Waals surface area contributed by atoms with Crippen molar-refractivity contribution in [1.29, 1.82) is 0 Å². The number of piperazine rings is 1. The van der Waals surface area contributed by atoms with E-state index in [4.69, 9.17) is 9.15 Å². The van der Waals surface area contributed by atoms with Crippen LogP contribution in [0.4, 0.5) is 5.69 Å². The lowest BCUT2D eigenvalue weighted by atomic mass is 9.96. The molecule has 27 heavy (non-hydrogen) atoms. The molecule has 3 heterocycles. The second kappa shape index (κ2) is 7.62. The molecule has 2 aliphatic heterocycles. The third-order valence-corrected chi connectivity index (χ3v) is 6.07. The van der Waals surface area contributed by atoms with Gasteiger partial charge in [-0.05, 0) is 44.1 Å². The second-order valence-electron chi connectivity index (χ2n) is 7.54. The Bertz CT molecular complexity index is 892. The molecule has 2 aliphatic rings. The predicted molar refractivity (Wildman–Crippen MR) is 108 cm³/mol. The summed E-state index contributed by atoms with van der Waals surface area (Å²) in [6.45, 7) is 10.5. The zero-order valence-electron chi connectivity index (χ0n) is 16.5. The number of nitrogens with zero attached hydrogens (tertiary/aromatic N) is 2. The Labute approximate surface area is 160 Å². The molecule has 1 N–H and O–H groups in total. The lowest BCUT2D eigenvalue weighted by Crippen LogP contribution is -2.55. The predicted octanol–water partition coefficient (Wildman–Crippen LogP) is 1.90. The van der Waals surface area contributed by atoms with Gasteiger partial charge in [0.1, 0.15) is 5.58 Å². The Hall–Kier alpha value is -1.89. The number of hydrogen-bond donors (Lipinski definition) is 1.